The number of hydrogen-bond acceptors (Lipinski definition) is 2. The smallest absolute Gasteiger partial charge is 0.239 e. The number of hydrogen-bond donors (Lipinski definition) is 2. The molecule has 1 saturated carbocycles. The highest BCUT2D eigenvalue weighted by Gasteiger charge is 2.19. The highest BCUT2D eigenvalue weighted by molar-refractivity contribution is 5.81. The van der Waals surface area contributed by atoms with Crippen LogP contribution in [0.5, 0.6) is 0 Å². The molecule has 0 aliphatic heterocycles. The van der Waals surface area contributed by atoms with Crippen molar-refractivity contribution in [1.29, 1.82) is 0 Å². The second-order valence-electron chi connectivity index (χ2n) is 5.75. The molecule has 0 spiro atoms. The van der Waals surface area contributed by atoms with Crippen LogP contribution in [0.15, 0.2) is 24.3 Å². The zero-order valence-corrected chi connectivity index (χ0v) is 11.9. The van der Waals surface area contributed by atoms with E-state index in [-0.39, 0.29) is 5.91 Å². The van der Waals surface area contributed by atoms with E-state index in [1.54, 1.807) is 0 Å². The molecule has 3 nitrogen and oxygen atoms in total. The van der Waals surface area contributed by atoms with Crippen LogP contribution in [-0.4, -0.2) is 18.5 Å². The molecule has 19 heavy (non-hydrogen) atoms. The summed E-state index contributed by atoms with van der Waals surface area (Å²) >= 11 is 0. The van der Waals surface area contributed by atoms with Crippen molar-refractivity contribution in [3.63, 3.8) is 0 Å². The van der Waals surface area contributed by atoms with Crippen molar-refractivity contribution in [1.82, 2.24) is 5.32 Å². The van der Waals surface area contributed by atoms with Crippen LogP contribution in [0.4, 0.5) is 5.69 Å². The molecule has 0 heterocycles. The Bertz CT molecular complexity index is 423. The molecule has 104 valence electrons. The molecule has 0 aromatic heterocycles. The van der Waals surface area contributed by atoms with Gasteiger partial charge in [0.2, 0.25) is 5.91 Å². The minimum absolute atomic E-state index is 0.0982. The second-order valence-corrected chi connectivity index (χ2v) is 5.75. The Balaban J connectivity index is 1.73. The van der Waals surface area contributed by atoms with Crippen LogP contribution < -0.4 is 10.6 Å². The first-order chi connectivity index (χ1) is 9.13. The molecule has 0 radical (unpaired) electrons. The van der Waals surface area contributed by atoms with E-state index in [9.17, 15) is 4.79 Å². The molecule has 3 heteroatoms. The van der Waals surface area contributed by atoms with Crippen molar-refractivity contribution in [2.45, 2.75) is 45.6 Å². The van der Waals surface area contributed by atoms with E-state index in [1.165, 1.54) is 18.4 Å². The van der Waals surface area contributed by atoms with Crippen LogP contribution in [0.3, 0.4) is 0 Å². The number of amides is 1. The number of rotatable bonds is 4. The second kappa shape index (κ2) is 6.60. The normalized spacial score (nSPS) is 22.8. The minimum Gasteiger partial charge on any atom is -0.376 e. The van der Waals surface area contributed by atoms with Gasteiger partial charge in [-0.3, -0.25) is 4.79 Å². The van der Waals surface area contributed by atoms with Gasteiger partial charge in [0.15, 0.2) is 0 Å². The molecule has 1 fully saturated rings. The largest absolute Gasteiger partial charge is 0.376 e. The molecule has 1 aliphatic rings. The molecule has 0 unspecified atom stereocenters. The molecule has 1 aliphatic carbocycles. The van der Waals surface area contributed by atoms with Gasteiger partial charge in [-0.25, -0.2) is 0 Å². The van der Waals surface area contributed by atoms with Gasteiger partial charge >= 0.3 is 0 Å². The topological polar surface area (TPSA) is 41.1 Å². The fourth-order valence-corrected chi connectivity index (χ4v) is 2.62. The first-order valence-electron chi connectivity index (χ1n) is 7.23. The molecule has 0 saturated heterocycles. The number of aryl methyl sites for hydroxylation is 1. The molecule has 1 amide bonds. The Labute approximate surface area is 115 Å². The summed E-state index contributed by atoms with van der Waals surface area (Å²) in [4.78, 5) is 11.9. The van der Waals surface area contributed by atoms with Crippen molar-refractivity contribution in [2.24, 2.45) is 5.92 Å². The minimum atomic E-state index is 0.0982. The Hall–Kier alpha value is -1.51. The monoisotopic (exact) mass is 260 g/mol. The van der Waals surface area contributed by atoms with Crippen LogP contribution in [0, 0.1) is 12.8 Å². The summed E-state index contributed by atoms with van der Waals surface area (Å²) in [5.41, 5.74) is 2.21. The lowest BCUT2D eigenvalue weighted by molar-refractivity contribution is -0.120. The lowest BCUT2D eigenvalue weighted by atomic mass is 9.87. The molecule has 1 aromatic rings. The maximum Gasteiger partial charge on any atom is 0.239 e. The molecular weight excluding hydrogens is 236 g/mol. The van der Waals surface area contributed by atoms with Crippen LogP contribution in [0.1, 0.15) is 38.2 Å². The van der Waals surface area contributed by atoms with E-state index in [1.807, 2.05) is 12.1 Å². The fourth-order valence-electron chi connectivity index (χ4n) is 2.62. The Kier molecular flexibility index (Phi) is 4.83. The van der Waals surface area contributed by atoms with E-state index in [2.05, 4.69) is 36.6 Å². The average Bonchev–Trinajstić information content (AvgIpc) is 2.39. The van der Waals surface area contributed by atoms with Gasteiger partial charge in [0.05, 0.1) is 6.54 Å². The number of anilines is 1. The van der Waals surface area contributed by atoms with Crippen LogP contribution in [0.25, 0.3) is 0 Å². The average molecular weight is 260 g/mol. The third-order valence-corrected chi connectivity index (χ3v) is 3.85. The Morgan fingerprint density at radius 1 is 1.26 bits per heavy atom. The summed E-state index contributed by atoms with van der Waals surface area (Å²) in [5, 5.41) is 6.29. The molecular formula is C16H24N2O. The maximum atomic E-state index is 11.9. The number of benzene rings is 1. The van der Waals surface area contributed by atoms with E-state index in [0.717, 1.165) is 24.4 Å². The number of carbonyl (C=O) groups excluding carboxylic acids is 1. The molecule has 1 aromatic carbocycles. The van der Waals surface area contributed by atoms with Crippen molar-refractivity contribution < 1.29 is 4.79 Å². The standard InChI is InChI=1S/C16H24N2O/c1-12-6-8-14(9-7-12)18-16(19)11-17-15-5-3-4-13(2)10-15/h3-5,10,12,14,17H,6-9,11H2,1-2H3,(H,18,19). The van der Waals surface area contributed by atoms with Gasteiger partial charge in [0.25, 0.3) is 0 Å². The van der Waals surface area contributed by atoms with Crippen LogP contribution in [-0.2, 0) is 4.79 Å². The van der Waals surface area contributed by atoms with E-state index in [0.29, 0.717) is 12.6 Å². The highest BCUT2D eigenvalue weighted by atomic mass is 16.1. The van der Waals surface area contributed by atoms with E-state index in [4.69, 9.17) is 0 Å². The van der Waals surface area contributed by atoms with Gasteiger partial charge in [-0.05, 0) is 56.2 Å². The summed E-state index contributed by atoms with van der Waals surface area (Å²) in [5.74, 6) is 0.916. The summed E-state index contributed by atoms with van der Waals surface area (Å²) < 4.78 is 0. The molecule has 0 bridgehead atoms. The Morgan fingerprint density at radius 3 is 2.68 bits per heavy atom. The Morgan fingerprint density at radius 2 is 2.00 bits per heavy atom. The van der Waals surface area contributed by atoms with Gasteiger partial charge in [-0.2, -0.15) is 0 Å². The number of nitrogens with one attached hydrogen (secondary N) is 2. The fraction of sp³-hybridized carbons (Fsp3) is 0.562. The first kappa shape index (κ1) is 13.9. The van der Waals surface area contributed by atoms with Crippen molar-refractivity contribution in [2.75, 3.05) is 11.9 Å². The summed E-state index contributed by atoms with van der Waals surface area (Å²) in [6.07, 6.45) is 4.71. The summed E-state index contributed by atoms with van der Waals surface area (Å²) in [7, 11) is 0. The van der Waals surface area contributed by atoms with Gasteiger partial charge in [0, 0.05) is 11.7 Å². The quantitative estimate of drug-likeness (QED) is 0.873. The zero-order chi connectivity index (χ0) is 13.7. The highest BCUT2D eigenvalue weighted by Crippen LogP contribution is 2.23. The van der Waals surface area contributed by atoms with Gasteiger partial charge < -0.3 is 10.6 Å². The summed E-state index contributed by atoms with van der Waals surface area (Å²) in [6, 6.07) is 8.47. The summed E-state index contributed by atoms with van der Waals surface area (Å²) in [6.45, 7) is 4.70. The maximum absolute atomic E-state index is 11.9. The predicted octanol–water partition coefficient (Wildman–Crippen LogP) is 3.10. The lowest BCUT2D eigenvalue weighted by Gasteiger charge is -2.27. The van der Waals surface area contributed by atoms with Gasteiger partial charge in [-0.1, -0.05) is 19.1 Å². The van der Waals surface area contributed by atoms with Gasteiger partial charge in [0.1, 0.15) is 0 Å². The third-order valence-electron chi connectivity index (χ3n) is 3.85. The number of carbonyl (C=O) groups is 1. The van der Waals surface area contributed by atoms with E-state index < -0.39 is 0 Å². The third kappa shape index (κ3) is 4.58. The van der Waals surface area contributed by atoms with Crippen molar-refractivity contribution in [3.05, 3.63) is 29.8 Å². The molecule has 2 N–H and O–H groups in total. The van der Waals surface area contributed by atoms with Crippen LogP contribution in [0.2, 0.25) is 0 Å². The molecule has 0 atom stereocenters. The van der Waals surface area contributed by atoms with Crippen molar-refractivity contribution in [3.8, 4) is 0 Å². The van der Waals surface area contributed by atoms with E-state index >= 15 is 0 Å². The molecule has 2 rings (SSSR count). The zero-order valence-electron chi connectivity index (χ0n) is 11.9. The van der Waals surface area contributed by atoms with Crippen LogP contribution >= 0.6 is 0 Å². The SMILES string of the molecule is Cc1cccc(NCC(=O)NC2CCC(C)CC2)c1. The predicted molar refractivity (Wildman–Crippen MR) is 79.2 cm³/mol. The lowest BCUT2D eigenvalue weighted by Crippen LogP contribution is -2.40. The van der Waals surface area contributed by atoms with Crippen molar-refractivity contribution >= 4 is 11.6 Å². The first-order valence-corrected chi connectivity index (χ1v) is 7.23. The van der Waals surface area contributed by atoms with Gasteiger partial charge in [-0.15, -0.1) is 0 Å².